The molecular weight excluding hydrogens is 282 g/mol. The summed E-state index contributed by atoms with van der Waals surface area (Å²) < 4.78 is 5.86. The molecule has 2 aliphatic rings. The molecule has 22 heavy (non-hydrogen) atoms. The number of rotatable bonds is 1. The van der Waals surface area contributed by atoms with E-state index in [4.69, 9.17) is 10.5 Å². The van der Waals surface area contributed by atoms with Gasteiger partial charge in [-0.25, -0.2) is 0 Å². The number of hydrogen-bond donors (Lipinski definition) is 2. The number of carbonyl (C=O) groups is 1. The summed E-state index contributed by atoms with van der Waals surface area (Å²) in [4.78, 5) is 13.8. The van der Waals surface area contributed by atoms with Crippen molar-refractivity contribution >= 4 is 11.6 Å². The molecule has 3 N–H and O–H groups in total. The fourth-order valence-corrected chi connectivity index (χ4v) is 3.22. The van der Waals surface area contributed by atoms with Crippen molar-refractivity contribution in [1.82, 2.24) is 4.90 Å². The Morgan fingerprint density at radius 2 is 2.23 bits per heavy atom. The van der Waals surface area contributed by atoms with Crippen LogP contribution in [0.1, 0.15) is 43.9 Å². The normalized spacial score (nSPS) is 26.3. The Labute approximate surface area is 129 Å². The van der Waals surface area contributed by atoms with Gasteiger partial charge in [-0.15, -0.1) is 0 Å². The lowest BCUT2D eigenvalue weighted by molar-refractivity contribution is -0.139. The summed E-state index contributed by atoms with van der Waals surface area (Å²) in [5.41, 5.74) is 6.32. The Kier molecular flexibility index (Phi) is 3.26. The molecule has 0 aromatic heterocycles. The molecule has 0 unspecified atom stereocenters. The summed E-state index contributed by atoms with van der Waals surface area (Å²) in [5.74, 6) is 0.541. The molecule has 0 radical (unpaired) electrons. The molecule has 0 aliphatic carbocycles. The molecule has 6 heteroatoms. The Hall–Kier alpha value is -2.26. The average Bonchev–Trinajstić information content (AvgIpc) is 2.86. The number of aliphatic hydroxyl groups is 1. The highest BCUT2D eigenvalue weighted by molar-refractivity contribution is 5.79. The maximum Gasteiger partial charge on any atom is 0.223 e. The highest BCUT2D eigenvalue weighted by Crippen LogP contribution is 2.45. The number of fused-ring (bicyclic) bond motifs is 1. The molecule has 2 aliphatic heterocycles. The number of benzene rings is 1. The zero-order chi connectivity index (χ0) is 16.1. The van der Waals surface area contributed by atoms with E-state index in [1.54, 1.807) is 30.9 Å². The summed E-state index contributed by atoms with van der Waals surface area (Å²) in [5, 5.41) is 19.9. The second-order valence-electron chi connectivity index (χ2n) is 6.37. The number of amides is 1. The average molecular weight is 301 g/mol. The van der Waals surface area contributed by atoms with Crippen LogP contribution in [-0.2, 0) is 4.79 Å². The zero-order valence-electron chi connectivity index (χ0n) is 12.7. The van der Waals surface area contributed by atoms with Crippen molar-refractivity contribution in [3.63, 3.8) is 0 Å². The summed E-state index contributed by atoms with van der Waals surface area (Å²) in [6, 6.07) is 4.76. The van der Waals surface area contributed by atoms with Gasteiger partial charge in [0.2, 0.25) is 5.91 Å². The third kappa shape index (κ3) is 2.09. The van der Waals surface area contributed by atoms with E-state index in [2.05, 4.69) is 0 Å². The minimum atomic E-state index is -0.878. The van der Waals surface area contributed by atoms with Crippen molar-refractivity contribution < 1.29 is 14.6 Å². The highest BCUT2D eigenvalue weighted by Gasteiger charge is 2.47. The van der Waals surface area contributed by atoms with Crippen molar-refractivity contribution in [3.05, 3.63) is 23.3 Å². The Morgan fingerprint density at radius 1 is 1.50 bits per heavy atom. The fourth-order valence-electron chi connectivity index (χ4n) is 3.22. The lowest BCUT2D eigenvalue weighted by atomic mass is 9.85. The number of carbonyl (C=O) groups excluding carboxylic acids is 1. The SMILES string of the molecule is CC1(C)Oc2cc(N)c(C#N)cc2[C@@H](N2CCCC2=O)[C@@H]1O. The van der Waals surface area contributed by atoms with E-state index in [0.29, 0.717) is 35.5 Å². The van der Waals surface area contributed by atoms with Crippen LogP contribution in [0.4, 0.5) is 5.69 Å². The number of ether oxygens (including phenoxy) is 1. The molecule has 0 bridgehead atoms. The van der Waals surface area contributed by atoms with Gasteiger partial charge in [-0.1, -0.05) is 0 Å². The van der Waals surface area contributed by atoms with Gasteiger partial charge >= 0.3 is 0 Å². The molecule has 3 rings (SSSR count). The Bertz CT molecular complexity index is 678. The van der Waals surface area contributed by atoms with E-state index in [-0.39, 0.29) is 5.91 Å². The first-order valence-electron chi connectivity index (χ1n) is 7.35. The van der Waals surface area contributed by atoms with Crippen molar-refractivity contribution in [3.8, 4) is 11.8 Å². The minimum absolute atomic E-state index is 0.0167. The third-order valence-corrected chi connectivity index (χ3v) is 4.45. The van der Waals surface area contributed by atoms with Gasteiger partial charge in [-0.3, -0.25) is 4.79 Å². The first-order chi connectivity index (χ1) is 10.3. The number of likely N-dealkylation sites (tertiary alicyclic amines) is 1. The predicted molar refractivity (Wildman–Crippen MR) is 80.0 cm³/mol. The fraction of sp³-hybridized carbons (Fsp3) is 0.500. The van der Waals surface area contributed by atoms with Crippen LogP contribution < -0.4 is 10.5 Å². The maximum absolute atomic E-state index is 12.1. The van der Waals surface area contributed by atoms with Gasteiger partial charge in [-0.05, 0) is 26.3 Å². The van der Waals surface area contributed by atoms with Crippen LogP contribution in [0.15, 0.2) is 12.1 Å². The molecular formula is C16H19N3O3. The summed E-state index contributed by atoms with van der Waals surface area (Å²) in [6.45, 7) is 4.16. The molecule has 1 fully saturated rings. The van der Waals surface area contributed by atoms with Gasteiger partial charge in [0.1, 0.15) is 23.5 Å². The summed E-state index contributed by atoms with van der Waals surface area (Å²) >= 11 is 0. The van der Waals surface area contributed by atoms with Crippen molar-refractivity contribution in [1.29, 1.82) is 5.26 Å². The molecule has 6 nitrogen and oxygen atoms in total. The van der Waals surface area contributed by atoms with Gasteiger partial charge in [0, 0.05) is 24.6 Å². The Balaban J connectivity index is 2.16. The number of nitriles is 1. The van der Waals surface area contributed by atoms with E-state index in [1.165, 1.54) is 0 Å². The minimum Gasteiger partial charge on any atom is -0.485 e. The molecule has 0 saturated carbocycles. The van der Waals surface area contributed by atoms with E-state index in [1.807, 2.05) is 6.07 Å². The molecule has 0 spiro atoms. The predicted octanol–water partition coefficient (Wildman–Crippen LogP) is 1.34. The lowest BCUT2D eigenvalue weighted by Crippen LogP contribution is -2.53. The quantitative estimate of drug-likeness (QED) is 0.762. The second kappa shape index (κ2) is 4.89. The molecule has 1 aromatic carbocycles. The van der Waals surface area contributed by atoms with Crippen molar-refractivity contribution in [2.45, 2.75) is 44.4 Å². The van der Waals surface area contributed by atoms with Crippen molar-refractivity contribution in [2.24, 2.45) is 0 Å². The number of hydrogen-bond acceptors (Lipinski definition) is 5. The zero-order valence-corrected chi connectivity index (χ0v) is 12.7. The number of anilines is 1. The molecule has 2 heterocycles. The number of nitrogen functional groups attached to an aromatic ring is 1. The molecule has 1 amide bonds. The monoisotopic (exact) mass is 301 g/mol. The second-order valence-corrected chi connectivity index (χ2v) is 6.37. The lowest BCUT2D eigenvalue weighted by Gasteiger charge is -2.45. The topological polar surface area (TPSA) is 99.6 Å². The molecule has 1 saturated heterocycles. The molecule has 1 aromatic rings. The van der Waals surface area contributed by atoms with E-state index >= 15 is 0 Å². The van der Waals surface area contributed by atoms with E-state index in [9.17, 15) is 15.2 Å². The maximum atomic E-state index is 12.1. The summed E-state index contributed by atoms with van der Waals surface area (Å²) in [6.07, 6.45) is 0.385. The number of nitrogens with two attached hydrogens (primary N) is 1. The van der Waals surface area contributed by atoms with Gasteiger partial charge in [0.25, 0.3) is 0 Å². The van der Waals surface area contributed by atoms with Crippen LogP contribution in [0, 0.1) is 11.3 Å². The first kappa shape index (κ1) is 14.7. The smallest absolute Gasteiger partial charge is 0.223 e. The largest absolute Gasteiger partial charge is 0.485 e. The van der Waals surface area contributed by atoms with Crippen LogP contribution in [0.5, 0.6) is 5.75 Å². The standard InChI is InChI=1S/C16H19N3O3/c1-16(2)15(21)14(19-5-3-4-13(19)20)10-6-9(8-17)11(18)7-12(10)22-16/h6-7,14-15,21H,3-5,18H2,1-2H3/t14-,15+/m1/s1. The van der Waals surface area contributed by atoms with Crippen LogP contribution in [-0.4, -0.2) is 34.2 Å². The number of aliphatic hydroxyl groups excluding tert-OH is 1. The molecule has 2 atom stereocenters. The van der Waals surface area contributed by atoms with E-state index < -0.39 is 17.7 Å². The highest BCUT2D eigenvalue weighted by atomic mass is 16.5. The van der Waals surface area contributed by atoms with Crippen LogP contribution in [0.25, 0.3) is 0 Å². The van der Waals surface area contributed by atoms with Gasteiger partial charge in [0.05, 0.1) is 17.3 Å². The van der Waals surface area contributed by atoms with Gasteiger partial charge < -0.3 is 20.5 Å². The van der Waals surface area contributed by atoms with Gasteiger partial charge in [-0.2, -0.15) is 5.26 Å². The Morgan fingerprint density at radius 3 is 2.82 bits per heavy atom. The van der Waals surface area contributed by atoms with Crippen molar-refractivity contribution in [2.75, 3.05) is 12.3 Å². The molecule has 116 valence electrons. The first-order valence-corrected chi connectivity index (χ1v) is 7.35. The van der Waals surface area contributed by atoms with Gasteiger partial charge in [0.15, 0.2) is 0 Å². The van der Waals surface area contributed by atoms with Crippen LogP contribution in [0.3, 0.4) is 0 Å². The summed E-state index contributed by atoms with van der Waals surface area (Å²) in [7, 11) is 0. The van der Waals surface area contributed by atoms with E-state index in [0.717, 1.165) is 6.42 Å². The third-order valence-electron chi connectivity index (χ3n) is 4.45. The van der Waals surface area contributed by atoms with Crippen LogP contribution in [0.2, 0.25) is 0 Å². The van der Waals surface area contributed by atoms with Crippen LogP contribution >= 0.6 is 0 Å². The number of nitrogens with zero attached hydrogens (tertiary/aromatic N) is 2.